The molecule has 2 rings (SSSR count). The number of halogens is 1. The van der Waals surface area contributed by atoms with Crippen LogP contribution in [0, 0.1) is 0 Å². The number of hydrazone groups is 1. The maximum absolute atomic E-state index is 11.8. The van der Waals surface area contributed by atoms with Gasteiger partial charge < -0.3 is 10.1 Å². The molecule has 2 amide bonds. The van der Waals surface area contributed by atoms with Gasteiger partial charge in [0.15, 0.2) is 0 Å². The van der Waals surface area contributed by atoms with E-state index in [1.807, 2.05) is 12.1 Å². The van der Waals surface area contributed by atoms with Crippen LogP contribution < -0.4 is 15.5 Å². The van der Waals surface area contributed by atoms with Gasteiger partial charge in [-0.15, -0.1) is 0 Å². The monoisotopic (exact) mass is 359 g/mol. The molecular weight excluding hydrogens is 342 g/mol. The molecule has 0 bridgehead atoms. The second-order valence-electron chi connectivity index (χ2n) is 5.12. The molecule has 0 aliphatic heterocycles. The minimum Gasteiger partial charge on any atom is -0.497 e. The fraction of sp³-hybridized carbons (Fsp3) is 0.167. The van der Waals surface area contributed by atoms with Gasteiger partial charge in [-0.1, -0.05) is 17.7 Å². The van der Waals surface area contributed by atoms with Crippen molar-refractivity contribution in [2.24, 2.45) is 5.10 Å². The van der Waals surface area contributed by atoms with Crippen LogP contribution in [0.25, 0.3) is 0 Å². The first-order chi connectivity index (χ1) is 12.1. The molecule has 0 aromatic heterocycles. The van der Waals surface area contributed by atoms with Crippen molar-refractivity contribution in [3.8, 4) is 5.75 Å². The van der Waals surface area contributed by atoms with Crippen molar-refractivity contribution in [1.82, 2.24) is 5.43 Å². The molecule has 0 spiro atoms. The smallest absolute Gasteiger partial charge is 0.240 e. The summed E-state index contributed by atoms with van der Waals surface area (Å²) < 4.78 is 5.06. The lowest BCUT2D eigenvalue weighted by Crippen LogP contribution is -2.20. The van der Waals surface area contributed by atoms with Gasteiger partial charge in [0.05, 0.1) is 13.3 Å². The normalized spacial score (nSPS) is 10.5. The third-order valence-corrected chi connectivity index (χ3v) is 3.44. The third kappa shape index (κ3) is 6.64. The number of anilines is 1. The number of amides is 2. The van der Waals surface area contributed by atoms with Gasteiger partial charge in [-0.2, -0.15) is 5.10 Å². The quantitative estimate of drug-likeness (QED) is 0.588. The summed E-state index contributed by atoms with van der Waals surface area (Å²) in [4.78, 5) is 23.5. The second kappa shape index (κ2) is 9.44. The fourth-order valence-electron chi connectivity index (χ4n) is 1.94. The first kappa shape index (κ1) is 18.5. The maximum atomic E-state index is 11.8. The minimum absolute atomic E-state index is 0.0341. The molecule has 0 aliphatic rings. The highest BCUT2D eigenvalue weighted by atomic mass is 35.5. The highest BCUT2D eigenvalue weighted by molar-refractivity contribution is 6.30. The van der Waals surface area contributed by atoms with E-state index in [1.165, 1.54) is 6.21 Å². The Bertz CT molecular complexity index is 760. The van der Waals surface area contributed by atoms with Gasteiger partial charge >= 0.3 is 0 Å². The molecule has 7 heteroatoms. The number of nitrogens with one attached hydrogen (secondary N) is 2. The Morgan fingerprint density at radius 1 is 1.12 bits per heavy atom. The molecule has 0 heterocycles. The number of nitrogens with zero attached hydrogens (tertiary/aromatic N) is 1. The molecule has 0 radical (unpaired) electrons. The summed E-state index contributed by atoms with van der Waals surface area (Å²) in [6.07, 6.45) is 1.60. The van der Waals surface area contributed by atoms with Crippen LogP contribution in [0.4, 0.5) is 5.69 Å². The van der Waals surface area contributed by atoms with E-state index in [-0.39, 0.29) is 24.7 Å². The van der Waals surface area contributed by atoms with E-state index in [0.29, 0.717) is 10.7 Å². The number of carbonyl (C=O) groups is 2. The summed E-state index contributed by atoms with van der Waals surface area (Å²) in [6.45, 7) is 0. The highest BCUT2D eigenvalue weighted by Crippen LogP contribution is 2.15. The van der Waals surface area contributed by atoms with Crippen LogP contribution in [0.5, 0.6) is 5.75 Å². The number of ether oxygens (including phenoxy) is 1. The predicted molar refractivity (Wildman–Crippen MR) is 98.0 cm³/mol. The van der Waals surface area contributed by atoms with Gasteiger partial charge in [-0.05, 0) is 48.0 Å². The van der Waals surface area contributed by atoms with Crippen LogP contribution in [0.3, 0.4) is 0 Å². The molecule has 6 nitrogen and oxygen atoms in total. The zero-order chi connectivity index (χ0) is 18.1. The van der Waals surface area contributed by atoms with E-state index >= 15 is 0 Å². The number of carbonyl (C=O) groups excluding carboxylic acids is 2. The Morgan fingerprint density at radius 3 is 2.52 bits per heavy atom. The molecule has 0 aliphatic carbocycles. The topological polar surface area (TPSA) is 79.8 Å². The maximum Gasteiger partial charge on any atom is 0.240 e. The lowest BCUT2D eigenvalue weighted by Gasteiger charge is -2.05. The van der Waals surface area contributed by atoms with Crippen LogP contribution in [-0.2, 0) is 9.59 Å². The van der Waals surface area contributed by atoms with E-state index in [9.17, 15) is 9.59 Å². The first-order valence-electron chi connectivity index (χ1n) is 7.58. The molecule has 130 valence electrons. The molecule has 0 atom stereocenters. The second-order valence-corrected chi connectivity index (χ2v) is 5.56. The van der Waals surface area contributed by atoms with E-state index in [4.69, 9.17) is 16.3 Å². The number of rotatable bonds is 7. The third-order valence-electron chi connectivity index (χ3n) is 3.21. The van der Waals surface area contributed by atoms with Crippen LogP contribution >= 0.6 is 11.6 Å². The molecule has 2 aromatic rings. The molecule has 0 saturated heterocycles. The Kier molecular flexibility index (Phi) is 6.98. The van der Waals surface area contributed by atoms with Gasteiger partial charge in [0.1, 0.15) is 5.75 Å². The van der Waals surface area contributed by atoms with Crippen LogP contribution in [-0.4, -0.2) is 25.1 Å². The number of methoxy groups -OCH3 is 1. The Balaban J connectivity index is 1.72. The van der Waals surface area contributed by atoms with Crippen molar-refractivity contribution in [3.63, 3.8) is 0 Å². The Morgan fingerprint density at radius 2 is 1.84 bits per heavy atom. The standard InChI is InChI=1S/C18H18ClN3O3/c1-25-16-7-5-13(6-8-16)12-20-22-18(24)10-9-17(23)21-15-4-2-3-14(19)11-15/h2-8,11-12H,9-10H2,1H3,(H,21,23)(H,22,24). The van der Waals surface area contributed by atoms with Gasteiger partial charge in [0.2, 0.25) is 11.8 Å². The van der Waals surface area contributed by atoms with E-state index in [1.54, 1.807) is 43.5 Å². The summed E-state index contributed by atoms with van der Waals surface area (Å²) in [7, 11) is 1.59. The van der Waals surface area contributed by atoms with Crippen molar-refractivity contribution in [2.45, 2.75) is 12.8 Å². The number of hydrogen-bond acceptors (Lipinski definition) is 4. The molecular formula is C18H18ClN3O3. The number of hydrogen-bond donors (Lipinski definition) is 2. The van der Waals surface area contributed by atoms with Crippen molar-refractivity contribution >= 4 is 35.3 Å². The molecule has 0 saturated carbocycles. The van der Waals surface area contributed by atoms with Gasteiger partial charge in [0.25, 0.3) is 0 Å². The molecule has 0 unspecified atom stereocenters. The molecule has 25 heavy (non-hydrogen) atoms. The van der Waals surface area contributed by atoms with Crippen molar-refractivity contribution in [3.05, 3.63) is 59.1 Å². The van der Waals surface area contributed by atoms with Crippen LogP contribution in [0.2, 0.25) is 5.02 Å². The van der Waals surface area contributed by atoms with Crippen molar-refractivity contribution in [2.75, 3.05) is 12.4 Å². The Hall–Kier alpha value is -2.86. The zero-order valence-electron chi connectivity index (χ0n) is 13.7. The van der Waals surface area contributed by atoms with E-state index < -0.39 is 0 Å². The lowest BCUT2D eigenvalue weighted by atomic mass is 10.2. The number of benzene rings is 2. The molecule has 0 fully saturated rings. The van der Waals surface area contributed by atoms with Crippen molar-refractivity contribution < 1.29 is 14.3 Å². The summed E-state index contributed by atoms with van der Waals surface area (Å²) in [5, 5.41) is 7.06. The largest absolute Gasteiger partial charge is 0.497 e. The first-order valence-corrected chi connectivity index (χ1v) is 7.96. The van der Waals surface area contributed by atoms with Gasteiger partial charge in [-0.3, -0.25) is 9.59 Å². The molecule has 2 N–H and O–H groups in total. The van der Waals surface area contributed by atoms with Gasteiger partial charge in [-0.25, -0.2) is 5.43 Å². The fourth-order valence-corrected chi connectivity index (χ4v) is 2.13. The van der Waals surface area contributed by atoms with Crippen molar-refractivity contribution in [1.29, 1.82) is 0 Å². The lowest BCUT2D eigenvalue weighted by molar-refractivity contribution is -0.124. The summed E-state index contributed by atoms with van der Waals surface area (Å²) in [6, 6.07) is 14.0. The summed E-state index contributed by atoms with van der Waals surface area (Å²) in [5.41, 5.74) is 3.80. The van der Waals surface area contributed by atoms with Crippen LogP contribution in [0.1, 0.15) is 18.4 Å². The van der Waals surface area contributed by atoms with E-state index in [2.05, 4.69) is 15.8 Å². The minimum atomic E-state index is -0.342. The molecule has 2 aromatic carbocycles. The van der Waals surface area contributed by atoms with E-state index in [0.717, 1.165) is 11.3 Å². The van der Waals surface area contributed by atoms with Crippen LogP contribution in [0.15, 0.2) is 53.6 Å². The average molecular weight is 360 g/mol. The SMILES string of the molecule is COc1ccc(C=NNC(=O)CCC(=O)Nc2cccc(Cl)c2)cc1. The predicted octanol–water partition coefficient (Wildman–Crippen LogP) is 3.22. The zero-order valence-corrected chi connectivity index (χ0v) is 14.4. The van der Waals surface area contributed by atoms with Gasteiger partial charge in [0, 0.05) is 23.6 Å². The average Bonchev–Trinajstić information content (AvgIpc) is 2.60. The summed E-state index contributed by atoms with van der Waals surface area (Å²) >= 11 is 5.84. The summed E-state index contributed by atoms with van der Waals surface area (Å²) in [5.74, 6) is 0.134. The Labute approximate surface area is 150 Å². The highest BCUT2D eigenvalue weighted by Gasteiger charge is 2.07.